The number of carbonyl (C=O) groups is 2. The van der Waals surface area contributed by atoms with Crippen molar-refractivity contribution in [1.82, 2.24) is 0 Å². The van der Waals surface area contributed by atoms with Crippen LogP contribution in [0.25, 0.3) is 0 Å². The summed E-state index contributed by atoms with van der Waals surface area (Å²) in [6.07, 6.45) is -3.41. The molecule has 10 heteroatoms. The van der Waals surface area contributed by atoms with Crippen LogP contribution in [-0.4, -0.2) is 35.9 Å². The van der Waals surface area contributed by atoms with Gasteiger partial charge < -0.3 is 23.8 Å². The Balaban J connectivity index is 4.42. The lowest BCUT2D eigenvalue weighted by atomic mass is 10.5. The smallest absolute Gasteiger partial charge is 0.431 e. The summed E-state index contributed by atoms with van der Waals surface area (Å²) in [5.74, 6) is 0. The molecule has 0 amide bonds. The second-order valence-corrected chi connectivity index (χ2v) is 4.51. The minimum absolute atomic E-state index is 0.484. The van der Waals surface area contributed by atoms with Gasteiger partial charge in [0, 0.05) is 0 Å². The molecular formula is C9H17O9P. The van der Waals surface area contributed by atoms with E-state index in [1.165, 1.54) is 0 Å². The van der Waals surface area contributed by atoms with Gasteiger partial charge >= 0.3 is 27.0 Å². The summed E-state index contributed by atoms with van der Waals surface area (Å²) in [5.41, 5.74) is 0. The number of ether oxygens (including phenoxy) is 4. The number of carbonyl (C=O) groups excluding carboxylic acids is 2. The number of hydrogen-bond donors (Lipinski definition) is 1. The fourth-order valence-electron chi connectivity index (χ4n) is 0.752. The Morgan fingerprint density at radius 2 is 1.26 bits per heavy atom. The molecule has 1 unspecified atom stereocenters. The standard InChI is InChI=1S/C9H17O9P/c1-5(2)14-7(10)16-9(18-19(12)13)17-8(11)15-6(3)4/h5-6,9,19H,1-4H3,(H,12,13). The maximum absolute atomic E-state index is 11.1. The van der Waals surface area contributed by atoms with Crippen LogP contribution in [0.2, 0.25) is 0 Å². The predicted octanol–water partition coefficient (Wildman–Crippen LogP) is 1.79. The van der Waals surface area contributed by atoms with Gasteiger partial charge in [0.15, 0.2) is 0 Å². The van der Waals surface area contributed by atoms with Gasteiger partial charge in [0.2, 0.25) is 0 Å². The Hall–Kier alpha value is -1.31. The van der Waals surface area contributed by atoms with Crippen molar-refractivity contribution in [2.75, 3.05) is 0 Å². The van der Waals surface area contributed by atoms with E-state index < -0.39 is 39.2 Å². The van der Waals surface area contributed by atoms with Crippen LogP contribution in [0.15, 0.2) is 0 Å². The Morgan fingerprint density at radius 1 is 0.895 bits per heavy atom. The normalized spacial score (nSPS) is 12.4. The fourth-order valence-corrected chi connectivity index (χ4v) is 1.01. The summed E-state index contributed by atoms with van der Waals surface area (Å²) in [5, 5.41) is 0. The molecule has 112 valence electrons. The lowest BCUT2D eigenvalue weighted by molar-refractivity contribution is -0.206. The Bertz CT molecular complexity index is 304. The van der Waals surface area contributed by atoms with E-state index in [1.54, 1.807) is 27.7 Å². The zero-order valence-electron chi connectivity index (χ0n) is 10.9. The summed E-state index contributed by atoms with van der Waals surface area (Å²) in [6, 6.07) is 0. The van der Waals surface area contributed by atoms with Gasteiger partial charge in [0.25, 0.3) is 0 Å². The van der Waals surface area contributed by atoms with Crippen molar-refractivity contribution >= 4 is 20.6 Å². The third-order valence-electron chi connectivity index (χ3n) is 1.25. The molecule has 0 fully saturated rings. The van der Waals surface area contributed by atoms with Crippen molar-refractivity contribution in [3.05, 3.63) is 0 Å². The van der Waals surface area contributed by atoms with E-state index in [9.17, 15) is 14.2 Å². The molecule has 0 aliphatic carbocycles. The zero-order chi connectivity index (χ0) is 15.0. The highest BCUT2D eigenvalue weighted by Gasteiger charge is 2.24. The first-order valence-corrected chi connectivity index (χ1v) is 6.61. The maximum atomic E-state index is 11.1. The van der Waals surface area contributed by atoms with Crippen molar-refractivity contribution in [2.45, 2.75) is 46.4 Å². The summed E-state index contributed by atoms with van der Waals surface area (Å²) in [4.78, 5) is 30.8. The highest BCUT2D eigenvalue weighted by molar-refractivity contribution is 7.32. The van der Waals surface area contributed by atoms with E-state index in [2.05, 4.69) is 23.5 Å². The molecule has 19 heavy (non-hydrogen) atoms. The summed E-state index contributed by atoms with van der Waals surface area (Å²) in [6.45, 7) is 4.20. The first-order chi connectivity index (χ1) is 8.70. The third-order valence-corrected chi connectivity index (χ3v) is 1.64. The molecular weight excluding hydrogens is 283 g/mol. The van der Waals surface area contributed by atoms with E-state index in [0.29, 0.717) is 0 Å². The van der Waals surface area contributed by atoms with Crippen LogP contribution < -0.4 is 0 Å². The largest absolute Gasteiger partial charge is 0.513 e. The third kappa shape index (κ3) is 10.3. The molecule has 0 heterocycles. The fraction of sp³-hybridized carbons (Fsp3) is 0.778. The van der Waals surface area contributed by atoms with Gasteiger partial charge in [-0.3, -0.25) is 4.57 Å². The lowest BCUT2D eigenvalue weighted by Gasteiger charge is -2.17. The van der Waals surface area contributed by atoms with Crippen LogP contribution in [0, 0.1) is 0 Å². The van der Waals surface area contributed by atoms with Crippen LogP contribution >= 0.6 is 8.25 Å². The average molecular weight is 300 g/mol. The Kier molecular flexibility index (Phi) is 8.13. The van der Waals surface area contributed by atoms with Gasteiger partial charge in [-0.05, 0) is 27.7 Å². The van der Waals surface area contributed by atoms with Crippen molar-refractivity contribution < 1.29 is 42.5 Å². The van der Waals surface area contributed by atoms with Crippen LogP contribution in [-0.2, 0) is 28.0 Å². The molecule has 0 radical (unpaired) electrons. The first-order valence-electron chi connectivity index (χ1n) is 5.34. The van der Waals surface area contributed by atoms with E-state index in [4.69, 9.17) is 4.89 Å². The van der Waals surface area contributed by atoms with Crippen molar-refractivity contribution in [1.29, 1.82) is 0 Å². The summed E-state index contributed by atoms with van der Waals surface area (Å²) in [7, 11) is -3.50. The monoisotopic (exact) mass is 300 g/mol. The van der Waals surface area contributed by atoms with Crippen molar-refractivity contribution in [3.8, 4) is 0 Å². The second kappa shape index (κ2) is 8.73. The van der Waals surface area contributed by atoms with Gasteiger partial charge in [-0.2, -0.15) is 0 Å². The van der Waals surface area contributed by atoms with Crippen LogP contribution in [0.3, 0.4) is 0 Å². The van der Waals surface area contributed by atoms with Gasteiger partial charge in [0.1, 0.15) is 0 Å². The predicted molar refractivity (Wildman–Crippen MR) is 61.5 cm³/mol. The van der Waals surface area contributed by atoms with Crippen molar-refractivity contribution in [3.63, 3.8) is 0 Å². The van der Waals surface area contributed by atoms with Gasteiger partial charge in [-0.1, -0.05) is 0 Å². The molecule has 0 aromatic heterocycles. The molecule has 0 aliphatic heterocycles. The van der Waals surface area contributed by atoms with E-state index in [0.717, 1.165) is 0 Å². The van der Waals surface area contributed by atoms with Gasteiger partial charge in [0.05, 0.1) is 12.2 Å². The van der Waals surface area contributed by atoms with Crippen molar-refractivity contribution in [2.24, 2.45) is 0 Å². The molecule has 0 saturated heterocycles. The lowest BCUT2D eigenvalue weighted by Crippen LogP contribution is -2.28. The molecule has 0 aromatic rings. The second-order valence-electron chi connectivity index (χ2n) is 3.74. The van der Waals surface area contributed by atoms with Gasteiger partial charge in [-0.25, -0.2) is 14.1 Å². The molecule has 0 aliphatic rings. The van der Waals surface area contributed by atoms with E-state index >= 15 is 0 Å². The Labute approximate surface area is 110 Å². The van der Waals surface area contributed by atoms with Crippen LogP contribution in [0.5, 0.6) is 0 Å². The SMILES string of the molecule is CC(C)OC(=O)OC(OC(=O)OC(C)C)O[PH](=O)O. The molecule has 0 bridgehead atoms. The van der Waals surface area contributed by atoms with Crippen LogP contribution in [0.1, 0.15) is 27.7 Å². The zero-order valence-corrected chi connectivity index (χ0v) is 11.9. The molecule has 1 atom stereocenters. The molecule has 0 rings (SSSR count). The molecule has 0 aromatic carbocycles. The molecule has 0 spiro atoms. The van der Waals surface area contributed by atoms with E-state index in [1.807, 2.05) is 0 Å². The molecule has 9 nitrogen and oxygen atoms in total. The summed E-state index contributed by atoms with van der Waals surface area (Å²) >= 11 is 0. The summed E-state index contributed by atoms with van der Waals surface area (Å²) < 4.78 is 32.7. The van der Waals surface area contributed by atoms with Crippen LogP contribution in [0.4, 0.5) is 9.59 Å². The maximum Gasteiger partial charge on any atom is 0.513 e. The quantitative estimate of drug-likeness (QED) is 0.445. The number of hydrogen-bond acceptors (Lipinski definition) is 8. The average Bonchev–Trinajstić information content (AvgIpc) is 2.11. The highest BCUT2D eigenvalue weighted by Crippen LogP contribution is 2.20. The highest BCUT2D eigenvalue weighted by atomic mass is 31.1. The molecule has 0 saturated carbocycles. The topological polar surface area (TPSA) is 118 Å². The minimum Gasteiger partial charge on any atom is -0.431 e. The number of rotatable bonds is 6. The first kappa shape index (κ1) is 17.7. The Morgan fingerprint density at radius 3 is 1.53 bits per heavy atom. The minimum atomic E-state index is -3.50. The van der Waals surface area contributed by atoms with Gasteiger partial charge in [-0.15, -0.1) is 0 Å². The van der Waals surface area contributed by atoms with E-state index in [-0.39, 0.29) is 0 Å². The molecule has 1 N–H and O–H groups in total.